The van der Waals surface area contributed by atoms with Crippen LogP contribution in [0.4, 0.5) is 0 Å². The zero-order chi connectivity index (χ0) is 14.6. The van der Waals surface area contributed by atoms with Gasteiger partial charge in [-0.3, -0.25) is 4.79 Å². The molecule has 0 aliphatic rings. The highest BCUT2D eigenvalue weighted by atomic mass is 28.3. The van der Waals surface area contributed by atoms with Crippen LogP contribution in [0.2, 0.25) is 13.1 Å². The molecule has 2 rings (SSSR count). The number of carbonyl (C=O) groups is 1. The van der Waals surface area contributed by atoms with Crippen LogP contribution >= 0.6 is 0 Å². The molecule has 0 aliphatic carbocycles. The average molecular weight is 284 g/mol. The maximum Gasteiger partial charge on any atom is 0.310 e. The van der Waals surface area contributed by atoms with Gasteiger partial charge < -0.3 is 4.74 Å². The number of carbonyl (C=O) groups excluding carboxylic acids is 1. The van der Waals surface area contributed by atoms with Gasteiger partial charge in [-0.15, -0.1) is 0 Å². The summed E-state index contributed by atoms with van der Waals surface area (Å²) in [6.45, 7) is 4.44. The number of hydrogen-bond acceptors (Lipinski definition) is 2. The maximum atomic E-state index is 12.3. The summed E-state index contributed by atoms with van der Waals surface area (Å²) in [5, 5.41) is 1.26. The number of benzene rings is 2. The van der Waals surface area contributed by atoms with Gasteiger partial charge in [0.25, 0.3) is 0 Å². The van der Waals surface area contributed by atoms with E-state index in [1.54, 1.807) is 0 Å². The Kier molecular flexibility index (Phi) is 4.40. The molecule has 0 radical (unpaired) electrons. The minimum atomic E-state index is -2.01. The van der Waals surface area contributed by atoms with E-state index in [0.29, 0.717) is 0 Å². The van der Waals surface area contributed by atoms with Crippen molar-refractivity contribution in [3.05, 3.63) is 66.2 Å². The zero-order valence-electron chi connectivity index (χ0n) is 12.2. The van der Waals surface area contributed by atoms with Crippen LogP contribution in [0.3, 0.4) is 0 Å². The summed E-state index contributed by atoms with van der Waals surface area (Å²) in [4.78, 5) is 12.3. The van der Waals surface area contributed by atoms with Crippen molar-refractivity contribution in [3.8, 4) is 0 Å². The van der Waals surface area contributed by atoms with Crippen molar-refractivity contribution in [2.24, 2.45) is 0 Å². The SMILES string of the molecule is COC(=O)[C@@H](c1ccccc1)[Si](C)(C)c1ccccc1. The van der Waals surface area contributed by atoms with Crippen molar-refractivity contribution in [2.75, 3.05) is 7.11 Å². The highest BCUT2D eigenvalue weighted by Crippen LogP contribution is 2.28. The van der Waals surface area contributed by atoms with Crippen LogP contribution in [0.25, 0.3) is 0 Å². The van der Waals surface area contributed by atoms with Crippen molar-refractivity contribution in [1.29, 1.82) is 0 Å². The Bertz CT molecular complexity index is 564. The number of hydrogen-bond donors (Lipinski definition) is 0. The van der Waals surface area contributed by atoms with E-state index in [1.165, 1.54) is 12.3 Å². The second-order valence-electron chi connectivity index (χ2n) is 5.45. The predicted octanol–water partition coefficient (Wildman–Crippen LogP) is 3.10. The molecule has 0 aliphatic heterocycles. The van der Waals surface area contributed by atoms with Crippen molar-refractivity contribution < 1.29 is 9.53 Å². The normalized spacial score (nSPS) is 12.8. The van der Waals surface area contributed by atoms with Gasteiger partial charge in [-0.2, -0.15) is 0 Å². The zero-order valence-corrected chi connectivity index (χ0v) is 13.2. The van der Waals surface area contributed by atoms with E-state index in [9.17, 15) is 4.79 Å². The van der Waals surface area contributed by atoms with E-state index in [1.807, 2.05) is 48.5 Å². The first-order chi connectivity index (χ1) is 9.57. The molecule has 0 saturated carbocycles. The first kappa shape index (κ1) is 14.5. The highest BCUT2D eigenvalue weighted by molar-refractivity contribution is 6.93. The molecule has 0 saturated heterocycles. The van der Waals surface area contributed by atoms with E-state index >= 15 is 0 Å². The Labute approximate surface area is 121 Å². The van der Waals surface area contributed by atoms with E-state index in [-0.39, 0.29) is 11.5 Å². The van der Waals surface area contributed by atoms with Crippen LogP contribution in [0.1, 0.15) is 11.1 Å². The molecule has 0 heterocycles. The molecule has 2 aromatic carbocycles. The summed E-state index contributed by atoms with van der Waals surface area (Å²) in [7, 11) is -0.542. The lowest BCUT2D eigenvalue weighted by atomic mass is 10.1. The molecule has 2 aromatic rings. The Morgan fingerprint density at radius 1 is 0.950 bits per heavy atom. The lowest BCUT2D eigenvalue weighted by Crippen LogP contribution is -2.50. The summed E-state index contributed by atoms with van der Waals surface area (Å²) in [5.41, 5.74) is 0.857. The van der Waals surface area contributed by atoms with Gasteiger partial charge in [-0.05, 0) is 5.56 Å². The number of ether oxygens (including phenoxy) is 1. The number of methoxy groups -OCH3 is 1. The van der Waals surface area contributed by atoms with Crippen LogP contribution in [0.15, 0.2) is 60.7 Å². The van der Waals surface area contributed by atoms with Crippen LogP contribution in [-0.4, -0.2) is 21.2 Å². The molecule has 104 valence electrons. The molecule has 0 amide bonds. The number of rotatable bonds is 4. The molecule has 0 N–H and O–H groups in total. The number of esters is 1. The second kappa shape index (κ2) is 6.05. The van der Waals surface area contributed by atoms with Gasteiger partial charge in [0.15, 0.2) is 0 Å². The van der Waals surface area contributed by atoms with Gasteiger partial charge in [0.2, 0.25) is 0 Å². The van der Waals surface area contributed by atoms with E-state index in [0.717, 1.165) is 5.56 Å². The molecule has 0 spiro atoms. The summed E-state index contributed by atoms with van der Waals surface area (Å²) >= 11 is 0. The Hall–Kier alpha value is -1.87. The standard InChI is InChI=1S/C17H20O2Si/c1-19-17(18)16(14-10-6-4-7-11-14)20(2,3)15-12-8-5-9-13-15/h4-13,16H,1-3H3/t16-/m1/s1. The van der Waals surface area contributed by atoms with E-state index in [4.69, 9.17) is 4.74 Å². The smallest absolute Gasteiger partial charge is 0.310 e. The summed E-state index contributed by atoms with van der Waals surface area (Å²) in [6.07, 6.45) is 0. The molecular formula is C17H20O2Si. The van der Waals surface area contributed by atoms with Crippen molar-refractivity contribution >= 4 is 19.2 Å². The van der Waals surface area contributed by atoms with Crippen LogP contribution in [0.5, 0.6) is 0 Å². The van der Waals surface area contributed by atoms with Gasteiger partial charge in [0.05, 0.1) is 12.7 Å². The third-order valence-electron chi connectivity index (χ3n) is 3.81. The third kappa shape index (κ3) is 2.83. The van der Waals surface area contributed by atoms with E-state index in [2.05, 4.69) is 25.2 Å². The van der Waals surface area contributed by atoms with E-state index < -0.39 is 8.07 Å². The molecule has 0 bridgehead atoms. The fraction of sp³-hybridized carbons (Fsp3) is 0.235. The van der Waals surface area contributed by atoms with Gasteiger partial charge in [-0.1, -0.05) is 78.9 Å². The minimum Gasteiger partial charge on any atom is -0.469 e. The van der Waals surface area contributed by atoms with Crippen LogP contribution in [-0.2, 0) is 9.53 Å². The van der Waals surface area contributed by atoms with Gasteiger partial charge in [0.1, 0.15) is 8.07 Å². The van der Waals surface area contributed by atoms with Gasteiger partial charge in [0, 0.05) is 0 Å². The van der Waals surface area contributed by atoms with Crippen LogP contribution < -0.4 is 5.19 Å². The summed E-state index contributed by atoms with van der Waals surface area (Å²) in [6, 6.07) is 20.2. The fourth-order valence-corrected chi connectivity index (χ4v) is 5.76. The Balaban J connectivity index is 2.49. The van der Waals surface area contributed by atoms with Crippen molar-refractivity contribution in [2.45, 2.75) is 18.6 Å². The van der Waals surface area contributed by atoms with Crippen molar-refractivity contribution in [3.63, 3.8) is 0 Å². The largest absolute Gasteiger partial charge is 0.469 e. The lowest BCUT2D eigenvalue weighted by molar-refractivity contribution is -0.140. The fourth-order valence-electron chi connectivity index (χ4n) is 2.65. The molecule has 20 heavy (non-hydrogen) atoms. The predicted molar refractivity (Wildman–Crippen MR) is 84.8 cm³/mol. The monoisotopic (exact) mass is 284 g/mol. The lowest BCUT2D eigenvalue weighted by Gasteiger charge is -2.31. The molecular weight excluding hydrogens is 264 g/mol. The molecule has 3 heteroatoms. The summed E-state index contributed by atoms with van der Waals surface area (Å²) < 4.78 is 5.07. The third-order valence-corrected chi connectivity index (χ3v) is 7.64. The topological polar surface area (TPSA) is 26.3 Å². The first-order valence-corrected chi connectivity index (χ1v) is 9.83. The molecule has 0 fully saturated rings. The quantitative estimate of drug-likeness (QED) is 0.637. The Morgan fingerprint density at radius 3 is 1.95 bits per heavy atom. The second-order valence-corrected chi connectivity index (χ2v) is 10.1. The van der Waals surface area contributed by atoms with Gasteiger partial charge >= 0.3 is 5.97 Å². The molecule has 0 unspecified atom stereocenters. The average Bonchev–Trinajstić information content (AvgIpc) is 2.49. The molecule has 1 atom stereocenters. The minimum absolute atomic E-state index is 0.142. The first-order valence-electron chi connectivity index (χ1n) is 6.75. The highest BCUT2D eigenvalue weighted by Gasteiger charge is 2.40. The maximum absolute atomic E-state index is 12.3. The Morgan fingerprint density at radius 2 is 1.45 bits per heavy atom. The molecule has 0 aromatic heterocycles. The van der Waals surface area contributed by atoms with Gasteiger partial charge in [-0.25, -0.2) is 0 Å². The summed E-state index contributed by atoms with van der Waals surface area (Å²) in [5.74, 6) is -0.142. The molecule has 2 nitrogen and oxygen atoms in total. The van der Waals surface area contributed by atoms with Crippen LogP contribution in [0, 0.1) is 0 Å². The van der Waals surface area contributed by atoms with Crippen molar-refractivity contribution in [1.82, 2.24) is 0 Å².